The highest BCUT2D eigenvalue weighted by Gasteiger charge is 2.15. The van der Waals surface area contributed by atoms with E-state index >= 15 is 0 Å². The third-order valence-corrected chi connectivity index (χ3v) is 2.94. The van der Waals surface area contributed by atoms with Crippen molar-refractivity contribution in [2.24, 2.45) is 0 Å². The van der Waals surface area contributed by atoms with Gasteiger partial charge >= 0.3 is 5.97 Å². The van der Waals surface area contributed by atoms with E-state index in [1.54, 1.807) is 6.20 Å². The number of carboxylic acids is 1. The van der Waals surface area contributed by atoms with Crippen LogP contribution in [0.1, 0.15) is 35.7 Å². The normalized spacial score (nSPS) is 10.9. The molecule has 1 aromatic heterocycles. The van der Waals surface area contributed by atoms with Crippen molar-refractivity contribution in [2.75, 3.05) is 7.11 Å². The van der Waals surface area contributed by atoms with Crippen LogP contribution in [0.25, 0.3) is 10.9 Å². The Morgan fingerprint density at radius 1 is 1.39 bits per heavy atom. The molecule has 0 saturated carbocycles. The van der Waals surface area contributed by atoms with Crippen LogP contribution in [-0.4, -0.2) is 23.2 Å². The van der Waals surface area contributed by atoms with Crippen molar-refractivity contribution in [2.45, 2.75) is 19.8 Å². The number of hydrogen-bond donors (Lipinski definition) is 1. The molecule has 0 atom stereocenters. The summed E-state index contributed by atoms with van der Waals surface area (Å²) >= 11 is 0. The summed E-state index contributed by atoms with van der Waals surface area (Å²) in [6.07, 6.45) is 1.65. The van der Waals surface area contributed by atoms with Crippen molar-refractivity contribution in [3.8, 4) is 5.75 Å². The minimum absolute atomic E-state index is 0.173. The summed E-state index contributed by atoms with van der Waals surface area (Å²) in [4.78, 5) is 15.5. The molecule has 1 N–H and O–H groups in total. The zero-order valence-corrected chi connectivity index (χ0v) is 10.6. The number of carboxylic acid groups (broad SMARTS) is 1. The first-order valence-electron chi connectivity index (χ1n) is 5.74. The maximum absolute atomic E-state index is 11.3. The number of rotatable bonds is 3. The van der Waals surface area contributed by atoms with Crippen molar-refractivity contribution in [1.82, 2.24) is 4.98 Å². The fourth-order valence-electron chi connectivity index (χ4n) is 2.03. The average molecular weight is 245 g/mol. The Labute approximate surface area is 105 Å². The Morgan fingerprint density at radius 2 is 2.11 bits per heavy atom. The predicted molar refractivity (Wildman–Crippen MR) is 69.3 cm³/mol. The highest BCUT2D eigenvalue weighted by atomic mass is 16.5. The summed E-state index contributed by atoms with van der Waals surface area (Å²) in [5, 5.41) is 10.1. The lowest BCUT2D eigenvalue weighted by Crippen LogP contribution is -2.02. The van der Waals surface area contributed by atoms with Crippen LogP contribution >= 0.6 is 0 Å². The van der Waals surface area contributed by atoms with E-state index in [-0.39, 0.29) is 5.56 Å². The van der Waals surface area contributed by atoms with E-state index in [1.165, 1.54) is 13.2 Å². The predicted octanol–water partition coefficient (Wildman–Crippen LogP) is 3.07. The van der Waals surface area contributed by atoms with Crippen LogP contribution in [0.4, 0.5) is 0 Å². The van der Waals surface area contributed by atoms with Crippen molar-refractivity contribution in [3.63, 3.8) is 0 Å². The summed E-state index contributed by atoms with van der Waals surface area (Å²) in [6, 6.07) is 5.25. The van der Waals surface area contributed by atoms with E-state index in [1.807, 2.05) is 12.1 Å². The summed E-state index contributed by atoms with van der Waals surface area (Å²) in [7, 11) is 1.53. The zero-order chi connectivity index (χ0) is 13.3. The van der Waals surface area contributed by atoms with E-state index in [4.69, 9.17) is 4.74 Å². The number of methoxy groups -OCH3 is 1. The number of ether oxygens (including phenoxy) is 1. The molecule has 0 aliphatic rings. The van der Waals surface area contributed by atoms with Gasteiger partial charge in [-0.2, -0.15) is 0 Å². The SMILES string of the molecule is COc1cc(C(=O)O)c2nccc(C(C)C)c2c1. The van der Waals surface area contributed by atoms with Crippen LogP contribution in [0, 0.1) is 0 Å². The number of benzene rings is 1. The van der Waals surface area contributed by atoms with E-state index in [2.05, 4.69) is 18.8 Å². The van der Waals surface area contributed by atoms with Crippen molar-refractivity contribution < 1.29 is 14.6 Å². The molecule has 0 radical (unpaired) electrons. The molecule has 2 aromatic rings. The monoisotopic (exact) mass is 245 g/mol. The van der Waals surface area contributed by atoms with E-state index in [0.29, 0.717) is 17.2 Å². The summed E-state index contributed by atoms with van der Waals surface area (Å²) in [5.41, 5.74) is 1.75. The standard InChI is InChI=1S/C14H15NO3/c1-8(2)10-4-5-15-13-11(10)6-9(18-3)7-12(13)14(16)17/h4-8H,1-3H3,(H,16,17). The first-order valence-corrected chi connectivity index (χ1v) is 5.74. The van der Waals surface area contributed by atoms with Gasteiger partial charge in [-0.15, -0.1) is 0 Å². The first-order chi connectivity index (χ1) is 8.54. The molecule has 0 bridgehead atoms. The van der Waals surface area contributed by atoms with Gasteiger partial charge in [0.05, 0.1) is 18.2 Å². The van der Waals surface area contributed by atoms with Gasteiger partial charge in [0.2, 0.25) is 0 Å². The fraction of sp³-hybridized carbons (Fsp3) is 0.286. The third kappa shape index (κ3) is 2.01. The van der Waals surface area contributed by atoms with Gasteiger partial charge in [0.25, 0.3) is 0 Å². The van der Waals surface area contributed by atoms with Gasteiger partial charge in [0.1, 0.15) is 5.75 Å². The number of aromatic carboxylic acids is 1. The van der Waals surface area contributed by atoms with Gasteiger partial charge < -0.3 is 9.84 Å². The second-order valence-electron chi connectivity index (χ2n) is 4.43. The molecule has 18 heavy (non-hydrogen) atoms. The van der Waals surface area contributed by atoms with Crippen molar-refractivity contribution in [1.29, 1.82) is 0 Å². The highest BCUT2D eigenvalue weighted by Crippen LogP contribution is 2.30. The van der Waals surface area contributed by atoms with Gasteiger partial charge in [-0.05, 0) is 29.7 Å². The average Bonchev–Trinajstić information content (AvgIpc) is 2.36. The number of pyridine rings is 1. The smallest absolute Gasteiger partial charge is 0.338 e. The summed E-state index contributed by atoms with van der Waals surface area (Å²) in [6.45, 7) is 4.13. The highest BCUT2D eigenvalue weighted by molar-refractivity contribution is 6.03. The van der Waals surface area contributed by atoms with E-state index in [9.17, 15) is 9.90 Å². The van der Waals surface area contributed by atoms with Gasteiger partial charge in [0, 0.05) is 11.6 Å². The second-order valence-corrected chi connectivity index (χ2v) is 4.43. The molecule has 2 rings (SSSR count). The van der Waals surface area contributed by atoms with Gasteiger partial charge in [-0.3, -0.25) is 4.98 Å². The lowest BCUT2D eigenvalue weighted by molar-refractivity contribution is 0.0698. The van der Waals surface area contributed by atoms with Crippen LogP contribution in [0.3, 0.4) is 0 Å². The lowest BCUT2D eigenvalue weighted by Gasteiger charge is -2.12. The Bertz CT molecular complexity index is 605. The summed E-state index contributed by atoms with van der Waals surface area (Å²) in [5.74, 6) is -0.161. The molecule has 0 aliphatic heterocycles. The maximum atomic E-state index is 11.3. The molecular formula is C14H15NO3. The van der Waals surface area contributed by atoms with Crippen LogP contribution in [0.15, 0.2) is 24.4 Å². The molecule has 0 spiro atoms. The molecule has 0 aliphatic carbocycles. The first kappa shape index (κ1) is 12.4. The minimum atomic E-state index is -0.993. The molecule has 0 saturated heterocycles. The molecule has 94 valence electrons. The van der Waals surface area contributed by atoms with Crippen LogP contribution in [0.2, 0.25) is 0 Å². The fourth-order valence-corrected chi connectivity index (χ4v) is 2.03. The lowest BCUT2D eigenvalue weighted by atomic mass is 9.97. The van der Waals surface area contributed by atoms with Crippen LogP contribution < -0.4 is 4.74 Å². The minimum Gasteiger partial charge on any atom is -0.497 e. The molecule has 0 amide bonds. The Hall–Kier alpha value is -2.10. The molecule has 1 heterocycles. The third-order valence-electron chi connectivity index (χ3n) is 2.94. The Kier molecular flexibility index (Phi) is 3.19. The molecule has 1 aromatic carbocycles. The number of nitrogens with zero attached hydrogens (tertiary/aromatic N) is 1. The molecule has 4 heteroatoms. The summed E-state index contributed by atoms with van der Waals surface area (Å²) < 4.78 is 5.16. The largest absolute Gasteiger partial charge is 0.497 e. The Morgan fingerprint density at radius 3 is 2.67 bits per heavy atom. The van der Waals surface area contributed by atoms with Crippen LogP contribution in [0.5, 0.6) is 5.75 Å². The number of aromatic nitrogens is 1. The number of hydrogen-bond acceptors (Lipinski definition) is 3. The van der Waals surface area contributed by atoms with Gasteiger partial charge in [0.15, 0.2) is 0 Å². The van der Waals surface area contributed by atoms with Crippen molar-refractivity contribution in [3.05, 3.63) is 35.5 Å². The van der Waals surface area contributed by atoms with Gasteiger partial charge in [-0.1, -0.05) is 13.8 Å². The van der Waals surface area contributed by atoms with Gasteiger partial charge in [-0.25, -0.2) is 4.79 Å². The van der Waals surface area contributed by atoms with Crippen LogP contribution in [-0.2, 0) is 0 Å². The Balaban J connectivity index is 2.86. The molecule has 4 nitrogen and oxygen atoms in total. The topological polar surface area (TPSA) is 59.4 Å². The maximum Gasteiger partial charge on any atom is 0.338 e. The molecule has 0 unspecified atom stereocenters. The number of fused-ring (bicyclic) bond motifs is 1. The van der Waals surface area contributed by atoms with E-state index < -0.39 is 5.97 Å². The quantitative estimate of drug-likeness (QED) is 0.902. The second kappa shape index (κ2) is 4.64. The molecular weight excluding hydrogens is 230 g/mol. The van der Waals surface area contributed by atoms with Crippen molar-refractivity contribution >= 4 is 16.9 Å². The molecule has 0 fully saturated rings. The zero-order valence-electron chi connectivity index (χ0n) is 10.6. The number of carbonyl (C=O) groups is 1. The van der Waals surface area contributed by atoms with E-state index in [0.717, 1.165) is 10.9 Å².